The standard InChI is InChI=1S/C21H25N3O2/c1-21(2,3)16-8-10-17(11-9-16)26-13-5-7-15-6-4-12-24-19(15)18(14-23-24)20(22)25/h4,6,8-12,14H,5,7,13H2,1-3H3,(H2,22,25). The highest BCUT2D eigenvalue weighted by molar-refractivity contribution is 6.00. The number of aromatic nitrogens is 2. The lowest BCUT2D eigenvalue weighted by molar-refractivity contribution is 0.100. The predicted octanol–water partition coefficient (Wildman–Crippen LogP) is 3.74. The van der Waals surface area contributed by atoms with Crippen LogP contribution in [-0.2, 0) is 11.8 Å². The Bertz CT molecular complexity index is 905. The van der Waals surface area contributed by atoms with Gasteiger partial charge in [0.2, 0.25) is 0 Å². The molecule has 0 saturated heterocycles. The summed E-state index contributed by atoms with van der Waals surface area (Å²) in [7, 11) is 0. The van der Waals surface area contributed by atoms with Crippen LogP contribution in [0.1, 0.15) is 48.7 Å². The topological polar surface area (TPSA) is 69.6 Å². The first kappa shape index (κ1) is 18.0. The molecule has 3 aromatic rings. The van der Waals surface area contributed by atoms with Gasteiger partial charge in [-0.25, -0.2) is 4.52 Å². The van der Waals surface area contributed by atoms with E-state index in [1.165, 1.54) is 11.8 Å². The Balaban J connectivity index is 1.61. The third-order valence-electron chi connectivity index (χ3n) is 4.47. The summed E-state index contributed by atoms with van der Waals surface area (Å²) in [5.41, 5.74) is 9.17. The number of nitrogens with zero attached hydrogens (tertiary/aromatic N) is 2. The SMILES string of the molecule is CC(C)(C)c1ccc(OCCCc2cccn3ncc(C(N)=O)c23)cc1. The number of aryl methyl sites for hydroxylation is 1. The largest absolute Gasteiger partial charge is 0.494 e. The van der Waals surface area contributed by atoms with E-state index < -0.39 is 5.91 Å². The Kier molecular flexibility index (Phi) is 4.98. The van der Waals surface area contributed by atoms with Crippen LogP contribution < -0.4 is 10.5 Å². The van der Waals surface area contributed by atoms with Gasteiger partial charge in [-0.15, -0.1) is 0 Å². The Morgan fingerprint density at radius 1 is 1.19 bits per heavy atom. The molecule has 0 aliphatic heterocycles. The fourth-order valence-electron chi connectivity index (χ4n) is 3.00. The lowest BCUT2D eigenvalue weighted by Crippen LogP contribution is -2.11. The zero-order valence-electron chi connectivity index (χ0n) is 15.5. The Morgan fingerprint density at radius 2 is 1.92 bits per heavy atom. The lowest BCUT2D eigenvalue weighted by atomic mass is 9.87. The van der Waals surface area contributed by atoms with Gasteiger partial charge >= 0.3 is 0 Å². The van der Waals surface area contributed by atoms with Crippen molar-refractivity contribution in [1.29, 1.82) is 0 Å². The van der Waals surface area contributed by atoms with Crippen LogP contribution in [0, 0.1) is 0 Å². The number of primary amides is 1. The van der Waals surface area contributed by atoms with Crippen LogP contribution in [0.15, 0.2) is 48.8 Å². The van der Waals surface area contributed by atoms with Gasteiger partial charge < -0.3 is 10.5 Å². The highest BCUT2D eigenvalue weighted by Gasteiger charge is 2.14. The Morgan fingerprint density at radius 3 is 2.58 bits per heavy atom. The molecule has 0 radical (unpaired) electrons. The van der Waals surface area contributed by atoms with Crippen LogP contribution in [0.25, 0.3) is 5.52 Å². The van der Waals surface area contributed by atoms with Crippen LogP contribution in [-0.4, -0.2) is 22.1 Å². The van der Waals surface area contributed by atoms with Gasteiger partial charge in [0.1, 0.15) is 5.75 Å². The van der Waals surface area contributed by atoms with E-state index in [0.29, 0.717) is 12.2 Å². The molecule has 0 saturated carbocycles. The van der Waals surface area contributed by atoms with E-state index in [2.05, 4.69) is 38.0 Å². The first-order valence-electron chi connectivity index (χ1n) is 8.84. The molecule has 0 aliphatic carbocycles. The summed E-state index contributed by atoms with van der Waals surface area (Å²) in [5.74, 6) is 0.418. The summed E-state index contributed by atoms with van der Waals surface area (Å²) in [6, 6.07) is 12.2. The van der Waals surface area contributed by atoms with Gasteiger partial charge in [-0.05, 0) is 47.6 Å². The van der Waals surface area contributed by atoms with Crippen molar-refractivity contribution in [1.82, 2.24) is 9.61 Å². The van der Waals surface area contributed by atoms with Crippen molar-refractivity contribution in [2.45, 2.75) is 39.0 Å². The summed E-state index contributed by atoms with van der Waals surface area (Å²) in [6.07, 6.45) is 4.97. The number of nitrogens with two attached hydrogens (primary N) is 1. The van der Waals surface area contributed by atoms with E-state index in [1.807, 2.05) is 30.5 Å². The van der Waals surface area contributed by atoms with Gasteiger partial charge in [0.25, 0.3) is 5.91 Å². The van der Waals surface area contributed by atoms with Crippen molar-refractivity contribution < 1.29 is 9.53 Å². The molecule has 2 aromatic heterocycles. The third-order valence-corrected chi connectivity index (χ3v) is 4.47. The van der Waals surface area contributed by atoms with E-state index in [0.717, 1.165) is 29.7 Å². The molecule has 0 spiro atoms. The number of carbonyl (C=O) groups excluding carboxylic acids is 1. The minimum absolute atomic E-state index is 0.139. The Labute approximate surface area is 153 Å². The Hall–Kier alpha value is -2.82. The van der Waals surface area contributed by atoms with Crippen LogP contribution in [0.4, 0.5) is 0 Å². The third kappa shape index (κ3) is 3.87. The van der Waals surface area contributed by atoms with Crippen LogP contribution in [0.5, 0.6) is 5.75 Å². The summed E-state index contributed by atoms with van der Waals surface area (Å²) in [6.45, 7) is 7.19. The van der Waals surface area contributed by atoms with Crippen molar-refractivity contribution in [2.24, 2.45) is 5.73 Å². The van der Waals surface area contributed by atoms with Gasteiger partial charge in [-0.2, -0.15) is 5.10 Å². The van der Waals surface area contributed by atoms with Gasteiger partial charge in [0.05, 0.1) is 23.9 Å². The quantitative estimate of drug-likeness (QED) is 0.688. The van der Waals surface area contributed by atoms with E-state index in [9.17, 15) is 4.79 Å². The molecule has 1 amide bonds. The molecule has 0 atom stereocenters. The van der Waals surface area contributed by atoms with Gasteiger partial charge in [0, 0.05) is 6.20 Å². The highest BCUT2D eigenvalue weighted by atomic mass is 16.5. The number of rotatable bonds is 6. The van der Waals surface area contributed by atoms with Gasteiger partial charge in [-0.3, -0.25) is 4.79 Å². The van der Waals surface area contributed by atoms with Crippen LogP contribution in [0.3, 0.4) is 0 Å². The second-order valence-electron chi connectivity index (χ2n) is 7.48. The number of ether oxygens (including phenoxy) is 1. The second kappa shape index (κ2) is 7.20. The number of pyridine rings is 1. The number of benzene rings is 1. The van der Waals surface area contributed by atoms with Crippen LogP contribution >= 0.6 is 0 Å². The maximum atomic E-state index is 11.6. The number of hydrogen-bond donors (Lipinski definition) is 1. The van der Waals surface area contributed by atoms with Crippen molar-refractivity contribution >= 4 is 11.4 Å². The summed E-state index contributed by atoms with van der Waals surface area (Å²) < 4.78 is 7.55. The first-order valence-corrected chi connectivity index (χ1v) is 8.84. The fraction of sp³-hybridized carbons (Fsp3) is 0.333. The summed E-state index contributed by atoms with van der Waals surface area (Å²) >= 11 is 0. The van der Waals surface area contributed by atoms with Crippen molar-refractivity contribution in [2.75, 3.05) is 6.61 Å². The monoisotopic (exact) mass is 351 g/mol. The average Bonchev–Trinajstić information content (AvgIpc) is 3.03. The van der Waals surface area contributed by atoms with E-state index in [4.69, 9.17) is 10.5 Å². The first-order chi connectivity index (χ1) is 12.4. The molecule has 0 fully saturated rings. The smallest absolute Gasteiger partial charge is 0.252 e. The molecular formula is C21H25N3O2. The highest BCUT2D eigenvalue weighted by Crippen LogP contribution is 2.24. The molecule has 2 heterocycles. The molecule has 0 aliphatic rings. The lowest BCUT2D eigenvalue weighted by Gasteiger charge is -2.19. The predicted molar refractivity (Wildman–Crippen MR) is 103 cm³/mol. The minimum atomic E-state index is -0.456. The zero-order chi connectivity index (χ0) is 18.7. The molecule has 136 valence electrons. The minimum Gasteiger partial charge on any atom is -0.494 e. The molecule has 5 nitrogen and oxygen atoms in total. The van der Waals surface area contributed by atoms with Crippen molar-refractivity contribution in [3.63, 3.8) is 0 Å². The molecule has 5 heteroatoms. The van der Waals surface area contributed by atoms with E-state index >= 15 is 0 Å². The summed E-state index contributed by atoms with van der Waals surface area (Å²) in [5, 5.41) is 4.19. The molecule has 2 N–H and O–H groups in total. The molecule has 26 heavy (non-hydrogen) atoms. The average molecular weight is 351 g/mol. The van der Waals surface area contributed by atoms with Crippen LogP contribution in [0.2, 0.25) is 0 Å². The molecule has 0 bridgehead atoms. The number of amides is 1. The maximum Gasteiger partial charge on any atom is 0.252 e. The van der Waals surface area contributed by atoms with Gasteiger partial charge in [-0.1, -0.05) is 39.0 Å². The molecule has 0 unspecified atom stereocenters. The molecule has 1 aromatic carbocycles. The molecule has 3 rings (SSSR count). The zero-order valence-corrected chi connectivity index (χ0v) is 15.5. The number of carbonyl (C=O) groups is 1. The van der Waals surface area contributed by atoms with Crippen molar-refractivity contribution in [3.8, 4) is 5.75 Å². The fourth-order valence-corrected chi connectivity index (χ4v) is 3.00. The normalized spacial score (nSPS) is 11.7. The summed E-state index contributed by atoms with van der Waals surface area (Å²) in [4.78, 5) is 11.6. The van der Waals surface area contributed by atoms with Gasteiger partial charge in [0.15, 0.2) is 0 Å². The van der Waals surface area contributed by atoms with Crippen molar-refractivity contribution in [3.05, 3.63) is 65.5 Å². The maximum absolute atomic E-state index is 11.6. The second-order valence-corrected chi connectivity index (χ2v) is 7.48. The number of hydrogen-bond acceptors (Lipinski definition) is 3. The van der Waals surface area contributed by atoms with E-state index in [1.54, 1.807) is 4.52 Å². The molecular weight excluding hydrogens is 326 g/mol. The van der Waals surface area contributed by atoms with E-state index in [-0.39, 0.29) is 5.41 Å². The number of fused-ring (bicyclic) bond motifs is 1.